The maximum absolute atomic E-state index is 12.9. The summed E-state index contributed by atoms with van der Waals surface area (Å²) < 4.78 is 23.9. The van der Waals surface area contributed by atoms with Crippen molar-refractivity contribution in [3.8, 4) is 17.2 Å². The fourth-order valence-corrected chi connectivity index (χ4v) is 2.24. The van der Waals surface area contributed by atoms with Gasteiger partial charge >= 0.3 is 0 Å². The number of amides is 1. The van der Waals surface area contributed by atoms with E-state index in [1.807, 2.05) is 30.3 Å². The lowest BCUT2D eigenvalue weighted by atomic mass is 10.2. The Morgan fingerprint density at radius 3 is 2.62 bits per heavy atom. The number of halogens is 1. The Kier molecular flexibility index (Phi) is 5.92. The molecule has 0 bridgehead atoms. The highest BCUT2D eigenvalue weighted by Crippen LogP contribution is 2.17. The topological polar surface area (TPSA) is 77.2 Å². The summed E-state index contributed by atoms with van der Waals surface area (Å²) in [7, 11) is 0. The average Bonchev–Trinajstić information content (AvgIpc) is 3.14. The van der Waals surface area contributed by atoms with Gasteiger partial charge in [-0.05, 0) is 42.8 Å². The van der Waals surface area contributed by atoms with Gasteiger partial charge < -0.3 is 14.5 Å². The highest BCUT2D eigenvalue weighted by atomic mass is 19.1. The minimum atomic E-state index is -0.336. The summed E-state index contributed by atoms with van der Waals surface area (Å²) in [6, 6.07) is 15.2. The number of nitrogens with zero attached hydrogens (tertiary/aromatic N) is 2. The Morgan fingerprint density at radius 2 is 1.85 bits per heavy atom. The normalized spacial score (nSPS) is 10.5. The fourth-order valence-electron chi connectivity index (χ4n) is 2.24. The van der Waals surface area contributed by atoms with E-state index in [1.54, 1.807) is 12.1 Å². The van der Waals surface area contributed by atoms with Gasteiger partial charge in [-0.3, -0.25) is 4.79 Å². The van der Waals surface area contributed by atoms with Crippen LogP contribution in [-0.2, 0) is 11.3 Å². The van der Waals surface area contributed by atoms with Crippen LogP contribution >= 0.6 is 0 Å². The number of nitrogens with one attached hydrogen (secondary N) is 1. The van der Waals surface area contributed by atoms with Crippen LogP contribution in [0.15, 0.2) is 59.0 Å². The minimum Gasteiger partial charge on any atom is -0.494 e. The number of rotatable bonds is 8. The van der Waals surface area contributed by atoms with Crippen molar-refractivity contribution in [3.05, 3.63) is 66.3 Å². The molecule has 0 atom stereocenters. The summed E-state index contributed by atoms with van der Waals surface area (Å²) in [6.45, 7) is 0.610. The van der Waals surface area contributed by atoms with Gasteiger partial charge in [0.15, 0.2) is 0 Å². The van der Waals surface area contributed by atoms with Crippen molar-refractivity contribution in [1.82, 2.24) is 15.5 Å². The molecule has 3 rings (SSSR count). The van der Waals surface area contributed by atoms with Gasteiger partial charge in [-0.15, -0.1) is 10.2 Å². The molecule has 2 aromatic carbocycles. The van der Waals surface area contributed by atoms with Gasteiger partial charge in [-0.1, -0.05) is 18.2 Å². The molecular weight excluding hydrogens is 337 g/mol. The number of benzene rings is 2. The largest absolute Gasteiger partial charge is 0.494 e. The molecule has 0 aliphatic carbocycles. The van der Waals surface area contributed by atoms with Crippen LogP contribution in [-0.4, -0.2) is 22.7 Å². The number of carbonyl (C=O) groups is 1. The van der Waals surface area contributed by atoms with Crippen LogP contribution < -0.4 is 10.1 Å². The predicted octanol–water partition coefficient (Wildman–Crippen LogP) is 3.35. The van der Waals surface area contributed by atoms with E-state index >= 15 is 0 Å². The molecule has 0 saturated carbocycles. The summed E-state index contributed by atoms with van der Waals surface area (Å²) >= 11 is 0. The van der Waals surface area contributed by atoms with E-state index in [2.05, 4.69) is 15.5 Å². The van der Waals surface area contributed by atoms with Gasteiger partial charge in [0, 0.05) is 12.0 Å². The second-order valence-electron chi connectivity index (χ2n) is 5.55. The van der Waals surface area contributed by atoms with Crippen molar-refractivity contribution in [3.63, 3.8) is 0 Å². The van der Waals surface area contributed by atoms with Crippen molar-refractivity contribution in [1.29, 1.82) is 0 Å². The van der Waals surface area contributed by atoms with Crippen molar-refractivity contribution in [2.75, 3.05) is 6.61 Å². The van der Waals surface area contributed by atoms with Gasteiger partial charge in [-0.2, -0.15) is 0 Å². The zero-order chi connectivity index (χ0) is 18.2. The third kappa shape index (κ3) is 5.14. The molecule has 0 unspecified atom stereocenters. The van der Waals surface area contributed by atoms with Crippen molar-refractivity contribution in [2.45, 2.75) is 19.4 Å². The van der Waals surface area contributed by atoms with Crippen LogP contribution in [0.25, 0.3) is 11.5 Å². The summed E-state index contributed by atoms with van der Waals surface area (Å²) in [5.74, 6) is 0.899. The third-order valence-corrected chi connectivity index (χ3v) is 3.55. The van der Waals surface area contributed by atoms with E-state index in [4.69, 9.17) is 9.15 Å². The van der Waals surface area contributed by atoms with Gasteiger partial charge in [0.2, 0.25) is 17.7 Å². The molecule has 0 spiro atoms. The second-order valence-corrected chi connectivity index (χ2v) is 5.55. The monoisotopic (exact) mass is 355 g/mol. The van der Waals surface area contributed by atoms with Crippen molar-refractivity contribution < 1.29 is 18.3 Å². The van der Waals surface area contributed by atoms with E-state index in [1.165, 1.54) is 12.1 Å². The highest BCUT2D eigenvalue weighted by Gasteiger charge is 2.10. The lowest BCUT2D eigenvalue weighted by molar-refractivity contribution is -0.121. The maximum Gasteiger partial charge on any atom is 0.247 e. The number of hydrogen-bond donors (Lipinski definition) is 1. The predicted molar refractivity (Wildman–Crippen MR) is 92.7 cm³/mol. The Hall–Kier alpha value is -3.22. The molecule has 6 nitrogen and oxygen atoms in total. The standard InChI is InChI=1S/C19H18FN3O3/c20-15-10-8-14(9-11-15)19-23-22-18(26-19)13-21-17(24)7-4-12-25-16-5-2-1-3-6-16/h1-3,5-6,8-11H,4,7,12-13H2,(H,21,24). The van der Waals surface area contributed by atoms with Crippen LogP contribution in [0.2, 0.25) is 0 Å². The average molecular weight is 355 g/mol. The fraction of sp³-hybridized carbons (Fsp3) is 0.211. The molecular formula is C19H18FN3O3. The molecule has 3 aromatic rings. The lowest BCUT2D eigenvalue weighted by Crippen LogP contribution is -2.23. The smallest absolute Gasteiger partial charge is 0.247 e. The van der Waals surface area contributed by atoms with Crippen LogP contribution in [0.4, 0.5) is 4.39 Å². The van der Waals surface area contributed by atoms with Crippen LogP contribution in [0.1, 0.15) is 18.7 Å². The Bertz CT molecular complexity index is 835. The van der Waals surface area contributed by atoms with E-state index in [0.717, 1.165) is 5.75 Å². The molecule has 0 aliphatic rings. The summed E-state index contributed by atoms with van der Waals surface area (Å²) in [5, 5.41) is 10.5. The first-order valence-electron chi connectivity index (χ1n) is 8.23. The third-order valence-electron chi connectivity index (χ3n) is 3.55. The van der Waals surface area contributed by atoms with Gasteiger partial charge in [0.1, 0.15) is 11.6 Å². The molecule has 1 heterocycles. The zero-order valence-electron chi connectivity index (χ0n) is 14.0. The molecule has 26 heavy (non-hydrogen) atoms. The van der Waals surface area contributed by atoms with E-state index < -0.39 is 0 Å². The Balaban J connectivity index is 1.38. The van der Waals surface area contributed by atoms with Crippen LogP contribution in [0, 0.1) is 5.82 Å². The first-order chi connectivity index (χ1) is 12.7. The van der Waals surface area contributed by atoms with Gasteiger partial charge in [0.05, 0.1) is 13.2 Å². The molecule has 0 aliphatic heterocycles. The zero-order valence-corrected chi connectivity index (χ0v) is 14.0. The molecule has 1 amide bonds. The molecule has 1 aromatic heterocycles. The second kappa shape index (κ2) is 8.75. The lowest BCUT2D eigenvalue weighted by Gasteiger charge is -2.05. The molecule has 0 saturated heterocycles. The van der Waals surface area contributed by atoms with Gasteiger partial charge in [0.25, 0.3) is 0 Å². The van der Waals surface area contributed by atoms with E-state index in [9.17, 15) is 9.18 Å². The molecule has 0 fully saturated rings. The first-order valence-corrected chi connectivity index (χ1v) is 8.23. The summed E-state index contributed by atoms with van der Waals surface area (Å²) in [4.78, 5) is 11.8. The number of hydrogen-bond acceptors (Lipinski definition) is 5. The minimum absolute atomic E-state index is 0.122. The quantitative estimate of drug-likeness (QED) is 0.627. The number of carbonyl (C=O) groups excluding carboxylic acids is 1. The van der Waals surface area contributed by atoms with Gasteiger partial charge in [-0.25, -0.2) is 4.39 Å². The molecule has 1 N–H and O–H groups in total. The Labute approximate surface area is 150 Å². The molecule has 0 radical (unpaired) electrons. The van der Waals surface area contributed by atoms with Crippen LogP contribution in [0.5, 0.6) is 5.75 Å². The Morgan fingerprint density at radius 1 is 1.08 bits per heavy atom. The van der Waals surface area contributed by atoms with Crippen molar-refractivity contribution in [2.24, 2.45) is 0 Å². The first kappa shape index (κ1) is 17.6. The summed E-state index contributed by atoms with van der Waals surface area (Å²) in [5.41, 5.74) is 0.620. The number of para-hydroxylation sites is 1. The number of ether oxygens (including phenoxy) is 1. The van der Waals surface area contributed by atoms with Crippen LogP contribution in [0.3, 0.4) is 0 Å². The maximum atomic E-state index is 12.9. The summed E-state index contributed by atoms with van der Waals surface area (Å²) in [6.07, 6.45) is 0.942. The number of aromatic nitrogens is 2. The van der Waals surface area contributed by atoms with E-state index in [0.29, 0.717) is 30.9 Å². The van der Waals surface area contributed by atoms with E-state index in [-0.39, 0.29) is 24.2 Å². The highest BCUT2D eigenvalue weighted by molar-refractivity contribution is 5.75. The molecule has 134 valence electrons. The molecule has 7 heteroatoms. The van der Waals surface area contributed by atoms with Crippen molar-refractivity contribution >= 4 is 5.91 Å². The SMILES string of the molecule is O=C(CCCOc1ccccc1)NCc1nnc(-c2ccc(F)cc2)o1.